The number of carbonyl (C=O) groups is 3. The molecule has 152 valence electrons. The summed E-state index contributed by atoms with van der Waals surface area (Å²) in [6, 6.07) is 12.1. The number of carbonyl (C=O) groups excluding carboxylic acids is 3. The monoisotopic (exact) mass is 415 g/mol. The molecule has 1 aliphatic rings. The zero-order valence-electron chi connectivity index (χ0n) is 16.0. The molecule has 7 nitrogen and oxygen atoms in total. The van der Waals surface area contributed by atoms with Crippen LogP contribution in [0, 0.1) is 0 Å². The lowest BCUT2D eigenvalue weighted by Gasteiger charge is -2.18. The van der Waals surface area contributed by atoms with Gasteiger partial charge in [0.1, 0.15) is 5.75 Å². The molecule has 3 rings (SSSR count). The van der Waals surface area contributed by atoms with Crippen LogP contribution in [0.1, 0.15) is 35.7 Å². The molecule has 1 saturated heterocycles. The van der Waals surface area contributed by atoms with E-state index in [0.717, 1.165) is 12.8 Å². The third-order valence-corrected chi connectivity index (χ3v) is 4.91. The summed E-state index contributed by atoms with van der Waals surface area (Å²) < 4.78 is 5.39. The number of nitrogens with one attached hydrogen (secondary N) is 2. The summed E-state index contributed by atoms with van der Waals surface area (Å²) in [5, 5.41) is 0.392. The van der Waals surface area contributed by atoms with Crippen LogP contribution < -0.4 is 20.5 Å². The van der Waals surface area contributed by atoms with Crippen molar-refractivity contribution in [3.05, 3.63) is 58.6 Å². The normalized spacial score (nSPS) is 13.3. The van der Waals surface area contributed by atoms with E-state index in [9.17, 15) is 14.4 Å². The summed E-state index contributed by atoms with van der Waals surface area (Å²) in [6.07, 6.45) is 2.14. The van der Waals surface area contributed by atoms with Crippen LogP contribution in [0.25, 0.3) is 0 Å². The molecule has 0 spiro atoms. The van der Waals surface area contributed by atoms with Crippen LogP contribution >= 0.6 is 11.6 Å². The van der Waals surface area contributed by atoms with E-state index in [2.05, 4.69) is 17.8 Å². The van der Waals surface area contributed by atoms with Gasteiger partial charge in [-0.2, -0.15) is 0 Å². The Morgan fingerprint density at radius 3 is 2.55 bits per heavy atom. The predicted molar refractivity (Wildman–Crippen MR) is 110 cm³/mol. The van der Waals surface area contributed by atoms with Crippen molar-refractivity contribution in [2.45, 2.75) is 26.2 Å². The molecule has 3 amide bonds. The van der Waals surface area contributed by atoms with Gasteiger partial charge in [0.25, 0.3) is 11.8 Å². The van der Waals surface area contributed by atoms with Crippen molar-refractivity contribution in [3.8, 4) is 5.75 Å². The number of hydrogen-bond donors (Lipinski definition) is 2. The highest BCUT2D eigenvalue weighted by Crippen LogP contribution is 2.30. The number of ether oxygens (including phenoxy) is 1. The van der Waals surface area contributed by atoms with E-state index in [-0.39, 0.29) is 18.1 Å². The number of rotatable bonds is 6. The Morgan fingerprint density at radius 2 is 1.90 bits per heavy atom. The molecule has 1 aliphatic heterocycles. The summed E-state index contributed by atoms with van der Waals surface area (Å²) >= 11 is 6.18. The molecular formula is C21H22ClN3O4. The van der Waals surface area contributed by atoms with Gasteiger partial charge in [0.2, 0.25) is 5.91 Å². The van der Waals surface area contributed by atoms with Gasteiger partial charge in [-0.05, 0) is 48.7 Å². The number of nitrogens with zero attached hydrogens (tertiary/aromatic N) is 1. The summed E-state index contributed by atoms with van der Waals surface area (Å²) in [5.41, 5.74) is 6.59. The van der Waals surface area contributed by atoms with Gasteiger partial charge in [0.05, 0.1) is 10.7 Å². The Labute approximate surface area is 173 Å². The van der Waals surface area contributed by atoms with Crippen molar-refractivity contribution in [1.82, 2.24) is 10.9 Å². The highest BCUT2D eigenvalue weighted by Gasteiger charge is 2.24. The van der Waals surface area contributed by atoms with Crippen LogP contribution in [0.2, 0.25) is 5.02 Å². The summed E-state index contributed by atoms with van der Waals surface area (Å²) in [4.78, 5) is 37.8. The number of benzene rings is 2. The topological polar surface area (TPSA) is 87.7 Å². The standard InChI is InChI=1S/C21H22ClN3O4/c1-2-14-5-8-16(9-6-14)29-13-19(26)23-24-21(28)15-7-10-17(22)18(12-15)25-11-3-4-20(25)27/h5-10,12H,2-4,11,13H2,1H3,(H,23,26)(H,24,28). The number of hydrazine groups is 1. The van der Waals surface area contributed by atoms with E-state index in [4.69, 9.17) is 16.3 Å². The molecule has 8 heteroatoms. The highest BCUT2D eigenvalue weighted by molar-refractivity contribution is 6.34. The summed E-state index contributed by atoms with van der Waals surface area (Å²) in [7, 11) is 0. The van der Waals surface area contributed by atoms with E-state index in [1.54, 1.807) is 29.2 Å². The fourth-order valence-corrected chi connectivity index (χ4v) is 3.19. The van der Waals surface area contributed by atoms with Gasteiger partial charge in [0.15, 0.2) is 6.61 Å². The first-order chi connectivity index (χ1) is 14.0. The maximum absolute atomic E-state index is 12.3. The second kappa shape index (κ2) is 9.43. The minimum absolute atomic E-state index is 0.0260. The Balaban J connectivity index is 1.53. The van der Waals surface area contributed by atoms with Gasteiger partial charge in [-0.1, -0.05) is 30.7 Å². The number of halogens is 1. The fraction of sp³-hybridized carbons (Fsp3) is 0.286. The van der Waals surface area contributed by atoms with E-state index in [1.807, 2.05) is 12.1 Å². The molecule has 2 aromatic carbocycles. The molecule has 0 aromatic heterocycles. The van der Waals surface area contributed by atoms with Crippen molar-refractivity contribution in [3.63, 3.8) is 0 Å². The molecule has 29 heavy (non-hydrogen) atoms. The second-order valence-corrected chi connectivity index (χ2v) is 7.01. The molecular weight excluding hydrogens is 394 g/mol. The van der Waals surface area contributed by atoms with E-state index in [0.29, 0.717) is 29.4 Å². The molecule has 0 radical (unpaired) electrons. The summed E-state index contributed by atoms with van der Waals surface area (Å²) in [5.74, 6) is -0.472. The lowest BCUT2D eigenvalue weighted by molar-refractivity contribution is -0.123. The number of anilines is 1. The highest BCUT2D eigenvalue weighted by atomic mass is 35.5. The molecule has 0 unspecified atom stereocenters. The van der Waals surface area contributed by atoms with Crippen molar-refractivity contribution >= 4 is 35.0 Å². The van der Waals surface area contributed by atoms with Crippen LogP contribution in [-0.2, 0) is 16.0 Å². The zero-order valence-corrected chi connectivity index (χ0v) is 16.8. The zero-order chi connectivity index (χ0) is 20.8. The third kappa shape index (κ3) is 5.26. The largest absolute Gasteiger partial charge is 0.484 e. The van der Waals surface area contributed by atoms with E-state index >= 15 is 0 Å². The minimum Gasteiger partial charge on any atom is -0.484 e. The Bertz CT molecular complexity index is 915. The first-order valence-corrected chi connectivity index (χ1v) is 9.76. The summed E-state index contributed by atoms with van der Waals surface area (Å²) in [6.45, 7) is 2.38. The number of hydrogen-bond acceptors (Lipinski definition) is 4. The third-order valence-electron chi connectivity index (χ3n) is 4.59. The van der Waals surface area contributed by atoms with Gasteiger partial charge in [-0.25, -0.2) is 0 Å². The van der Waals surface area contributed by atoms with Crippen molar-refractivity contribution < 1.29 is 19.1 Å². The van der Waals surface area contributed by atoms with Crippen LogP contribution in [0.3, 0.4) is 0 Å². The SMILES string of the molecule is CCc1ccc(OCC(=O)NNC(=O)c2ccc(Cl)c(N3CCCC3=O)c2)cc1. The quantitative estimate of drug-likeness (QED) is 0.710. The van der Waals surface area contributed by atoms with Crippen LogP contribution in [0.15, 0.2) is 42.5 Å². The Kier molecular flexibility index (Phi) is 6.72. The lowest BCUT2D eigenvalue weighted by Crippen LogP contribution is -2.43. The van der Waals surface area contributed by atoms with Crippen LogP contribution in [-0.4, -0.2) is 30.9 Å². The first-order valence-electron chi connectivity index (χ1n) is 9.38. The van der Waals surface area contributed by atoms with Gasteiger partial charge >= 0.3 is 0 Å². The molecule has 0 aliphatic carbocycles. The fourth-order valence-electron chi connectivity index (χ4n) is 2.97. The molecule has 1 heterocycles. The molecule has 0 saturated carbocycles. The average Bonchev–Trinajstić information content (AvgIpc) is 3.16. The van der Waals surface area contributed by atoms with Crippen LogP contribution in [0.4, 0.5) is 5.69 Å². The van der Waals surface area contributed by atoms with Gasteiger partial charge < -0.3 is 9.64 Å². The van der Waals surface area contributed by atoms with Gasteiger partial charge in [-0.15, -0.1) is 0 Å². The van der Waals surface area contributed by atoms with Gasteiger partial charge in [0, 0.05) is 18.5 Å². The van der Waals surface area contributed by atoms with Crippen LogP contribution in [0.5, 0.6) is 5.75 Å². The van der Waals surface area contributed by atoms with Crippen molar-refractivity contribution in [2.75, 3.05) is 18.1 Å². The maximum atomic E-state index is 12.3. The molecule has 2 aromatic rings. The maximum Gasteiger partial charge on any atom is 0.276 e. The average molecular weight is 416 g/mol. The molecule has 1 fully saturated rings. The molecule has 2 N–H and O–H groups in total. The Morgan fingerprint density at radius 1 is 1.14 bits per heavy atom. The smallest absolute Gasteiger partial charge is 0.276 e. The molecule has 0 bridgehead atoms. The lowest BCUT2D eigenvalue weighted by atomic mass is 10.2. The van der Waals surface area contributed by atoms with Crippen molar-refractivity contribution in [2.24, 2.45) is 0 Å². The number of aryl methyl sites for hydroxylation is 1. The second-order valence-electron chi connectivity index (χ2n) is 6.60. The van der Waals surface area contributed by atoms with E-state index < -0.39 is 11.8 Å². The minimum atomic E-state index is -0.518. The Hall–Kier alpha value is -3.06. The predicted octanol–water partition coefficient (Wildman–Crippen LogP) is 2.87. The first kappa shape index (κ1) is 20.7. The molecule has 0 atom stereocenters. The number of amides is 3. The van der Waals surface area contributed by atoms with E-state index in [1.165, 1.54) is 11.6 Å². The van der Waals surface area contributed by atoms with Gasteiger partial charge in [-0.3, -0.25) is 25.2 Å². The van der Waals surface area contributed by atoms with Crippen molar-refractivity contribution in [1.29, 1.82) is 0 Å².